The first kappa shape index (κ1) is 19.8. The number of nitrogens with zero attached hydrogens (tertiary/aromatic N) is 3. The predicted octanol–water partition coefficient (Wildman–Crippen LogP) is 4.07. The molecule has 0 fully saturated rings. The van der Waals surface area contributed by atoms with Crippen molar-refractivity contribution in [2.24, 2.45) is 7.05 Å². The number of hydrogen-bond donors (Lipinski definition) is 2. The SMILES string of the molecule is Cn1ccc2ccc(-c3ccnc(NCC(O)CN4CCc5ccccc5C4)c3)cc21. The number of anilines is 1. The maximum Gasteiger partial charge on any atom is 0.126 e. The van der Waals surface area contributed by atoms with Gasteiger partial charge in [-0.15, -0.1) is 0 Å². The number of aliphatic hydroxyl groups excluding tert-OH is 1. The molecule has 0 saturated carbocycles. The minimum absolute atomic E-state index is 0.449. The monoisotopic (exact) mass is 412 g/mol. The van der Waals surface area contributed by atoms with E-state index in [-0.39, 0.29) is 0 Å². The number of rotatable bonds is 6. The van der Waals surface area contributed by atoms with Crippen LogP contribution in [0.3, 0.4) is 0 Å². The van der Waals surface area contributed by atoms with Crippen LogP contribution < -0.4 is 5.32 Å². The molecule has 2 N–H and O–H groups in total. The molecule has 0 radical (unpaired) electrons. The fourth-order valence-corrected chi connectivity index (χ4v) is 4.44. The highest BCUT2D eigenvalue weighted by Crippen LogP contribution is 2.26. The molecule has 1 unspecified atom stereocenters. The largest absolute Gasteiger partial charge is 0.390 e. The summed E-state index contributed by atoms with van der Waals surface area (Å²) in [5.41, 5.74) is 6.29. The Kier molecular flexibility index (Phi) is 5.45. The van der Waals surface area contributed by atoms with Crippen LogP contribution in [0.4, 0.5) is 5.82 Å². The highest BCUT2D eigenvalue weighted by atomic mass is 16.3. The summed E-state index contributed by atoms with van der Waals surface area (Å²) in [6.45, 7) is 3.03. The average molecular weight is 413 g/mol. The first-order valence-electron chi connectivity index (χ1n) is 10.9. The van der Waals surface area contributed by atoms with Crippen molar-refractivity contribution in [1.82, 2.24) is 14.5 Å². The molecular formula is C26H28N4O. The molecular weight excluding hydrogens is 384 g/mol. The van der Waals surface area contributed by atoms with Gasteiger partial charge in [0.15, 0.2) is 0 Å². The Morgan fingerprint density at radius 2 is 1.87 bits per heavy atom. The van der Waals surface area contributed by atoms with E-state index < -0.39 is 6.10 Å². The Bertz CT molecular complexity index is 1200. The standard InChI is InChI=1S/C26H28N4O/c1-29-12-9-20-6-7-21(14-25(20)29)22-8-11-27-26(15-22)28-16-24(31)18-30-13-10-19-4-2-3-5-23(19)17-30/h2-9,11-12,14-15,24,31H,10,13,16-18H2,1H3,(H,27,28). The van der Waals surface area contributed by atoms with Crippen LogP contribution in [0.5, 0.6) is 0 Å². The van der Waals surface area contributed by atoms with Crippen LogP contribution in [-0.2, 0) is 20.0 Å². The first-order valence-corrected chi connectivity index (χ1v) is 10.9. The second-order valence-electron chi connectivity index (χ2n) is 8.42. The molecule has 158 valence electrons. The Balaban J connectivity index is 1.21. The quantitative estimate of drug-likeness (QED) is 0.501. The number of aliphatic hydroxyl groups is 1. The predicted molar refractivity (Wildman–Crippen MR) is 126 cm³/mol. The number of benzene rings is 2. The summed E-state index contributed by atoms with van der Waals surface area (Å²) in [6.07, 6.45) is 4.50. The van der Waals surface area contributed by atoms with Gasteiger partial charge in [0.25, 0.3) is 0 Å². The van der Waals surface area contributed by atoms with Crippen LogP contribution in [-0.4, -0.2) is 45.3 Å². The van der Waals surface area contributed by atoms with E-state index in [2.05, 4.69) is 81.5 Å². The Labute approximate surface area is 183 Å². The molecule has 0 bridgehead atoms. The van der Waals surface area contributed by atoms with Crippen molar-refractivity contribution in [1.29, 1.82) is 0 Å². The summed E-state index contributed by atoms with van der Waals surface area (Å²) >= 11 is 0. The Hall–Kier alpha value is -3.15. The molecule has 1 aliphatic rings. The van der Waals surface area contributed by atoms with E-state index in [4.69, 9.17) is 0 Å². The molecule has 2 aromatic heterocycles. The fraction of sp³-hybridized carbons (Fsp3) is 0.269. The molecule has 0 saturated heterocycles. The summed E-state index contributed by atoms with van der Waals surface area (Å²) in [4.78, 5) is 6.77. The van der Waals surface area contributed by atoms with E-state index in [1.165, 1.54) is 22.0 Å². The second kappa shape index (κ2) is 8.53. The fourth-order valence-electron chi connectivity index (χ4n) is 4.44. The Morgan fingerprint density at radius 1 is 1.03 bits per heavy atom. The number of β-amino-alcohol motifs (C(OH)–C–C–N with tert-alkyl or cyclic N) is 1. The lowest BCUT2D eigenvalue weighted by molar-refractivity contribution is 0.114. The van der Waals surface area contributed by atoms with E-state index in [1.807, 2.05) is 18.3 Å². The highest BCUT2D eigenvalue weighted by molar-refractivity contribution is 5.85. The normalized spacial score (nSPS) is 15.0. The van der Waals surface area contributed by atoms with Gasteiger partial charge < -0.3 is 15.0 Å². The van der Waals surface area contributed by atoms with Gasteiger partial charge in [-0.05, 0) is 58.3 Å². The topological polar surface area (TPSA) is 53.3 Å². The van der Waals surface area contributed by atoms with E-state index in [0.717, 1.165) is 36.5 Å². The van der Waals surface area contributed by atoms with Gasteiger partial charge in [-0.3, -0.25) is 4.90 Å². The van der Waals surface area contributed by atoms with Crippen molar-refractivity contribution in [3.05, 3.63) is 84.2 Å². The number of aromatic nitrogens is 2. The third-order valence-electron chi connectivity index (χ3n) is 6.18. The highest BCUT2D eigenvalue weighted by Gasteiger charge is 2.18. The van der Waals surface area contributed by atoms with E-state index in [9.17, 15) is 5.11 Å². The van der Waals surface area contributed by atoms with Gasteiger partial charge in [-0.1, -0.05) is 36.4 Å². The molecule has 5 rings (SSSR count). The van der Waals surface area contributed by atoms with Gasteiger partial charge in [0, 0.05) is 51.1 Å². The first-order chi connectivity index (χ1) is 15.2. The van der Waals surface area contributed by atoms with Gasteiger partial charge in [-0.2, -0.15) is 0 Å². The van der Waals surface area contributed by atoms with Crippen molar-refractivity contribution >= 4 is 16.7 Å². The van der Waals surface area contributed by atoms with Gasteiger partial charge >= 0.3 is 0 Å². The summed E-state index contributed by atoms with van der Waals surface area (Å²) in [5.74, 6) is 0.785. The molecule has 0 aliphatic carbocycles. The lowest BCUT2D eigenvalue weighted by Crippen LogP contribution is -2.39. The van der Waals surface area contributed by atoms with E-state index in [1.54, 1.807) is 0 Å². The van der Waals surface area contributed by atoms with Crippen molar-refractivity contribution in [2.75, 3.05) is 25.0 Å². The molecule has 1 atom stereocenters. The van der Waals surface area contributed by atoms with Gasteiger partial charge in [-0.25, -0.2) is 4.98 Å². The lowest BCUT2D eigenvalue weighted by atomic mass is 10.00. The van der Waals surface area contributed by atoms with Crippen LogP contribution in [0.2, 0.25) is 0 Å². The van der Waals surface area contributed by atoms with Crippen LogP contribution in [0.25, 0.3) is 22.0 Å². The van der Waals surface area contributed by atoms with E-state index >= 15 is 0 Å². The van der Waals surface area contributed by atoms with Crippen molar-refractivity contribution < 1.29 is 5.11 Å². The average Bonchev–Trinajstić information content (AvgIpc) is 3.18. The molecule has 0 spiro atoms. The number of hydrogen-bond acceptors (Lipinski definition) is 4. The van der Waals surface area contributed by atoms with E-state index in [0.29, 0.717) is 13.1 Å². The molecule has 4 aromatic rings. The van der Waals surface area contributed by atoms with Crippen LogP contribution >= 0.6 is 0 Å². The van der Waals surface area contributed by atoms with Gasteiger partial charge in [0.2, 0.25) is 0 Å². The molecule has 5 heteroatoms. The molecule has 5 nitrogen and oxygen atoms in total. The van der Waals surface area contributed by atoms with Crippen molar-refractivity contribution in [3.63, 3.8) is 0 Å². The maximum absolute atomic E-state index is 10.6. The molecule has 1 aliphatic heterocycles. The summed E-state index contributed by atoms with van der Waals surface area (Å²) in [7, 11) is 2.06. The maximum atomic E-state index is 10.6. The van der Waals surface area contributed by atoms with Crippen LogP contribution in [0.1, 0.15) is 11.1 Å². The number of pyridine rings is 1. The zero-order valence-corrected chi connectivity index (χ0v) is 17.8. The van der Waals surface area contributed by atoms with Crippen molar-refractivity contribution in [2.45, 2.75) is 19.1 Å². The number of aryl methyl sites for hydroxylation is 1. The zero-order chi connectivity index (χ0) is 21.2. The van der Waals surface area contributed by atoms with Crippen molar-refractivity contribution in [3.8, 4) is 11.1 Å². The second-order valence-corrected chi connectivity index (χ2v) is 8.42. The summed E-state index contributed by atoms with van der Waals surface area (Å²) < 4.78 is 2.13. The molecule has 0 amide bonds. The van der Waals surface area contributed by atoms with Crippen LogP contribution in [0, 0.1) is 0 Å². The summed E-state index contributed by atoms with van der Waals surface area (Å²) in [6, 6.07) is 21.3. The minimum Gasteiger partial charge on any atom is -0.390 e. The minimum atomic E-state index is -0.449. The smallest absolute Gasteiger partial charge is 0.126 e. The zero-order valence-electron chi connectivity index (χ0n) is 17.8. The summed E-state index contributed by atoms with van der Waals surface area (Å²) in [5, 5.41) is 15.1. The van der Waals surface area contributed by atoms with Crippen LogP contribution in [0.15, 0.2) is 73.1 Å². The Morgan fingerprint density at radius 3 is 2.77 bits per heavy atom. The lowest BCUT2D eigenvalue weighted by Gasteiger charge is -2.30. The van der Waals surface area contributed by atoms with Gasteiger partial charge in [0.05, 0.1) is 6.10 Å². The molecule has 3 heterocycles. The molecule has 31 heavy (non-hydrogen) atoms. The third kappa shape index (κ3) is 4.33. The van der Waals surface area contributed by atoms with Gasteiger partial charge in [0.1, 0.15) is 5.82 Å². The number of nitrogens with one attached hydrogen (secondary N) is 1. The number of fused-ring (bicyclic) bond motifs is 2. The third-order valence-corrected chi connectivity index (χ3v) is 6.18. The molecule has 2 aromatic carbocycles.